The van der Waals surface area contributed by atoms with Crippen molar-refractivity contribution in [2.45, 2.75) is 32.9 Å². The fraction of sp³-hybridized carbons (Fsp3) is 0.600. The van der Waals surface area contributed by atoms with Crippen LogP contribution in [0.1, 0.15) is 19.8 Å². The zero-order valence-corrected chi connectivity index (χ0v) is 8.98. The summed E-state index contributed by atoms with van der Waals surface area (Å²) in [6.07, 6.45) is 3.06. The Morgan fingerprint density at radius 1 is 1.33 bits per heavy atom. The highest BCUT2D eigenvalue weighted by molar-refractivity contribution is 4.86. The topological polar surface area (TPSA) is 70.0 Å². The second-order valence-corrected chi connectivity index (χ2v) is 3.42. The molecule has 1 rings (SSSR count). The molecule has 0 atom stereocenters. The van der Waals surface area contributed by atoms with Gasteiger partial charge in [0.05, 0.1) is 0 Å². The second-order valence-electron chi connectivity index (χ2n) is 3.42. The van der Waals surface area contributed by atoms with Gasteiger partial charge in [-0.2, -0.15) is 0 Å². The summed E-state index contributed by atoms with van der Waals surface area (Å²) in [5.41, 5.74) is 4.86. The maximum atomic E-state index is 11.8. The second kappa shape index (κ2) is 5.50. The quantitative estimate of drug-likeness (QED) is 0.731. The molecule has 0 saturated heterocycles. The molecule has 0 saturated carbocycles. The minimum absolute atomic E-state index is 0.238. The molecule has 5 heteroatoms. The fourth-order valence-electron chi connectivity index (χ4n) is 1.42. The predicted octanol–water partition coefficient (Wildman–Crippen LogP) is -0.231. The molecule has 0 amide bonds. The molecule has 0 fully saturated rings. The highest BCUT2D eigenvalue weighted by atomic mass is 16.2. The minimum Gasteiger partial charge on any atom is -0.330 e. The zero-order valence-electron chi connectivity index (χ0n) is 8.98. The van der Waals surface area contributed by atoms with Crippen LogP contribution in [-0.4, -0.2) is 15.7 Å². The summed E-state index contributed by atoms with van der Waals surface area (Å²) in [6, 6.07) is 1.42. The van der Waals surface area contributed by atoms with Crippen molar-refractivity contribution in [2.24, 2.45) is 5.73 Å². The van der Waals surface area contributed by atoms with E-state index < -0.39 is 0 Å². The van der Waals surface area contributed by atoms with Gasteiger partial charge in [0.2, 0.25) is 0 Å². The van der Waals surface area contributed by atoms with Crippen molar-refractivity contribution in [2.75, 3.05) is 6.54 Å². The molecule has 0 aliphatic heterocycles. The third-order valence-corrected chi connectivity index (χ3v) is 2.19. The Morgan fingerprint density at radius 3 is 2.67 bits per heavy atom. The Bertz CT molecular complexity index is 419. The smallest absolute Gasteiger partial charge is 0.330 e. The first-order valence-electron chi connectivity index (χ1n) is 5.21. The van der Waals surface area contributed by atoms with Gasteiger partial charge in [-0.15, -0.1) is 0 Å². The summed E-state index contributed by atoms with van der Waals surface area (Å²) >= 11 is 0. The third kappa shape index (κ3) is 2.79. The lowest BCUT2D eigenvalue weighted by molar-refractivity contribution is 0.533. The molecule has 0 aliphatic rings. The first-order chi connectivity index (χ1) is 7.20. The lowest BCUT2D eigenvalue weighted by Crippen LogP contribution is -2.39. The third-order valence-electron chi connectivity index (χ3n) is 2.19. The van der Waals surface area contributed by atoms with Crippen molar-refractivity contribution in [3.8, 4) is 0 Å². The Kier molecular flexibility index (Phi) is 4.30. The molecule has 1 aromatic heterocycles. The predicted molar refractivity (Wildman–Crippen MR) is 58.9 cm³/mol. The van der Waals surface area contributed by atoms with Crippen molar-refractivity contribution < 1.29 is 0 Å². The van der Waals surface area contributed by atoms with Crippen LogP contribution < -0.4 is 17.0 Å². The molecule has 5 nitrogen and oxygen atoms in total. The first kappa shape index (κ1) is 11.7. The first-order valence-corrected chi connectivity index (χ1v) is 5.21. The molecular formula is C10H17N3O2. The summed E-state index contributed by atoms with van der Waals surface area (Å²) in [6.45, 7) is 3.51. The Morgan fingerprint density at radius 2 is 2.07 bits per heavy atom. The highest BCUT2D eigenvalue weighted by Crippen LogP contribution is 1.85. The van der Waals surface area contributed by atoms with E-state index in [4.69, 9.17) is 5.73 Å². The molecule has 2 N–H and O–H groups in total. The lowest BCUT2D eigenvalue weighted by Gasteiger charge is -2.07. The van der Waals surface area contributed by atoms with Crippen molar-refractivity contribution >= 4 is 0 Å². The molecule has 1 heterocycles. The van der Waals surface area contributed by atoms with Crippen LogP contribution >= 0.6 is 0 Å². The van der Waals surface area contributed by atoms with Crippen LogP contribution in [0.4, 0.5) is 0 Å². The lowest BCUT2D eigenvalue weighted by atomic mass is 10.4. The number of rotatable bonds is 5. The van der Waals surface area contributed by atoms with E-state index in [-0.39, 0.29) is 11.2 Å². The monoisotopic (exact) mass is 211 g/mol. The van der Waals surface area contributed by atoms with Crippen molar-refractivity contribution in [3.05, 3.63) is 33.1 Å². The SMILES string of the molecule is CCCn1ccc(=O)n(CCCN)c1=O. The summed E-state index contributed by atoms with van der Waals surface area (Å²) in [5.74, 6) is 0. The standard InChI is InChI=1S/C10H17N3O2/c1-2-6-12-8-4-9(14)13(10(12)15)7-3-5-11/h4,8H,2-3,5-7,11H2,1H3. The summed E-state index contributed by atoms with van der Waals surface area (Å²) < 4.78 is 2.79. The average molecular weight is 211 g/mol. The number of hydrogen-bond acceptors (Lipinski definition) is 3. The largest absolute Gasteiger partial charge is 0.330 e. The van der Waals surface area contributed by atoms with Gasteiger partial charge in [0.1, 0.15) is 0 Å². The van der Waals surface area contributed by atoms with Gasteiger partial charge < -0.3 is 10.3 Å². The normalized spacial score (nSPS) is 10.5. The van der Waals surface area contributed by atoms with E-state index in [0.29, 0.717) is 26.1 Å². The van der Waals surface area contributed by atoms with E-state index in [0.717, 1.165) is 6.42 Å². The van der Waals surface area contributed by atoms with Crippen LogP contribution in [-0.2, 0) is 13.1 Å². The summed E-state index contributed by atoms with van der Waals surface area (Å²) in [5, 5.41) is 0. The maximum absolute atomic E-state index is 11.8. The molecule has 0 radical (unpaired) electrons. The average Bonchev–Trinajstić information content (AvgIpc) is 2.22. The molecular weight excluding hydrogens is 194 g/mol. The van der Waals surface area contributed by atoms with Gasteiger partial charge >= 0.3 is 5.69 Å². The molecule has 15 heavy (non-hydrogen) atoms. The number of hydrogen-bond donors (Lipinski definition) is 1. The van der Waals surface area contributed by atoms with Crippen LogP contribution in [0.2, 0.25) is 0 Å². The zero-order chi connectivity index (χ0) is 11.3. The summed E-state index contributed by atoms with van der Waals surface area (Å²) in [4.78, 5) is 23.2. The van der Waals surface area contributed by atoms with Gasteiger partial charge in [-0.3, -0.25) is 9.36 Å². The molecule has 84 valence electrons. The van der Waals surface area contributed by atoms with Gasteiger partial charge in [0, 0.05) is 25.4 Å². The Balaban J connectivity index is 3.07. The van der Waals surface area contributed by atoms with E-state index in [1.807, 2.05) is 6.92 Å². The van der Waals surface area contributed by atoms with Crippen LogP contribution in [0.25, 0.3) is 0 Å². The van der Waals surface area contributed by atoms with Gasteiger partial charge in [-0.25, -0.2) is 4.79 Å². The van der Waals surface area contributed by atoms with Crippen LogP contribution in [0.3, 0.4) is 0 Å². The van der Waals surface area contributed by atoms with Crippen molar-refractivity contribution in [3.63, 3.8) is 0 Å². The van der Waals surface area contributed by atoms with E-state index in [2.05, 4.69) is 0 Å². The van der Waals surface area contributed by atoms with E-state index >= 15 is 0 Å². The Hall–Kier alpha value is -1.36. The van der Waals surface area contributed by atoms with Crippen LogP contribution in [0.5, 0.6) is 0 Å². The fourth-order valence-corrected chi connectivity index (χ4v) is 1.42. The molecule has 0 bridgehead atoms. The molecule has 0 unspecified atom stereocenters. The molecule has 0 spiro atoms. The number of aromatic nitrogens is 2. The van der Waals surface area contributed by atoms with Crippen LogP contribution in [0.15, 0.2) is 21.9 Å². The van der Waals surface area contributed by atoms with Gasteiger partial charge in [-0.1, -0.05) is 6.92 Å². The van der Waals surface area contributed by atoms with Gasteiger partial charge in [0.15, 0.2) is 0 Å². The van der Waals surface area contributed by atoms with E-state index in [1.54, 1.807) is 10.8 Å². The van der Waals surface area contributed by atoms with Gasteiger partial charge in [-0.05, 0) is 19.4 Å². The summed E-state index contributed by atoms with van der Waals surface area (Å²) in [7, 11) is 0. The number of nitrogens with two attached hydrogens (primary N) is 1. The van der Waals surface area contributed by atoms with E-state index in [9.17, 15) is 9.59 Å². The van der Waals surface area contributed by atoms with Crippen LogP contribution in [0, 0.1) is 0 Å². The van der Waals surface area contributed by atoms with Gasteiger partial charge in [0.25, 0.3) is 5.56 Å². The molecule has 0 aromatic carbocycles. The minimum atomic E-state index is -0.249. The molecule has 1 aromatic rings. The number of aryl methyl sites for hydroxylation is 1. The maximum Gasteiger partial charge on any atom is 0.330 e. The van der Waals surface area contributed by atoms with Crippen molar-refractivity contribution in [1.29, 1.82) is 0 Å². The number of nitrogens with zero attached hydrogens (tertiary/aromatic N) is 2. The van der Waals surface area contributed by atoms with Crippen molar-refractivity contribution in [1.82, 2.24) is 9.13 Å². The highest BCUT2D eigenvalue weighted by Gasteiger charge is 2.03. The van der Waals surface area contributed by atoms with E-state index in [1.165, 1.54) is 10.6 Å². The molecule has 0 aliphatic carbocycles. The Labute approximate surface area is 88.1 Å².